The van der Waals surface area contributed by atoms with Gasteiger partial charge in [-0.25, -0.2) is 4.98 Å². The van der Waals surface area contributed by atoms with Gasteiger partial charge < -0.3 is 24.6 Å². The number of aliphatic hydroxyl groups is 1. The summed E-state index contributed by atoms with van der Waals surface area (Å²) in [4.78, 5) is 36.8. The van der Waals surface area contributed by atoms with Crippen LogP contribution in [0, 0.1) is 0 Å². The van der Waals surface area contributed by atoms with Crippen LogP contribution in [0.25, 0.3) is 11.0 Å². The van der Waals surface area contributed by atoms with Crippen molar-refractivity contribution in [3.8, 4) is 0 Å². The van der Waals surface area contributed by atoms with Crippen LogP contribution in [0.2, 0.25) is 0 Å². The normalized spacial score (nSPS) is 21.9. The second kappa shape index (κ2) is 14.3. The molecule has 2 fully saturated rings. The molecule has 0 spiro atoms. The molecule has 2 saturated heterocycles. The van der Waals surface area contributed by atoms with Crippen LogP contribution in [-0.4, -0.2) is 62.7 Å². The van der Waals surface area contributed by atoms with Gasteiger partial charge in [0.05, 0.1) is 36.0 Å². The monoisotopic (exact) mass is 638 g/mol. The van der Waals surface area contributed by atoms with Crippen molar-refractivity contribution in [3.63, 3.8) is 0 Å². The van der Waals surface area contributed by atoms with Gasteiger partial charge in [-0.3, -0.25) is 19.5 Å². The van der Waals surface area contributed by atoms with Crippen LogP contribution in [0.1, 0.15) is 85.2 Å². The predicted molar refractivity (Wildman–Crippen MR) is 176 cm³/mol. The van der Waals surface area contributed by atoms with E-state index < -0.39 is 11.9 Å². The van der Waals surface area contributed by atoms with Crippen molar-refractivity contribution in [3.05, 3.63) is 107 Å². The molecule has 0 bridgehead atoms. The fraction of sp³-hybridized carbons (Fsp3) is 0.405. The highest BCUT2D eigenvalue weighted by atomic mass is 16.7. The van der Waals surface area contributed by atoms with Gasteiger partial charge in [0.1, 0.15) is 17.3 Å². The average Bonchev–Trinajstić information content (AvgIpc) is 3.54. The van der Waals surface area contributed by atoms with E-state index in [1.54, 1.807) is 0 Å². The van der Waals surface area contributed by atoms with E-state index in [0.717, 1.165) is 47.2 Å². The van der Waals surface area contributed by atoms with E-state index in [4.69, 9.17) is 14.2 Å². The quantitative estimate of drug-likeness (QED) is 0.232. The van der Waals surface area contributed by atoms with Crippen molar-refractivity contribution in [2.75, 3.05) is 13.1 Å². The standard InChI is InChI=1S/C37H42N4O6/c1-37(2,3)47-35(44)32-9-6-18-41(32)22-28-19-33(26-14-12-25(23-42)13-15-26)46-36(45-28)27-16-10-24(11-17-27)20-39-34(43)31-21-38-29-7-4-5-8-30(29)40-31/h4-5,7-8,10-17,21,28,32-33,36,42H,6,9,18-20,22-23H2,1-3H3,(H,39,43)/t28-,32-,33+,36+/m0/s1. The summed E-state index contributed by atoms with van der Waals surface area (Å²) in [5, 5.41) is 12.5. The Hall–Kier alpha value is -4.22. The third-order valence-corrected chi connectivity index (χ3v) is 8.48. The number of esters is 1. The number of hydrogen-bond donors (Lipinski definition) is 2. The van der Waals surface area contributed by atoms with Crippen LogP contribution >= 0.6 is 0 Å². The summed E-state index contributed by atoms with van der Waals surface area (Å²) >= 11 is 0. The third kappa shape index (κ3) is 8.20. The summed E-state index contributed by atoms with van der Waals surface area (Å²) in [6.45, 7) is 7.35. The summed E-state index contributed by atoms with van der Waals surface area (Å²) in [5.74, 6) is -0.485. The lowest BCUT2D eigenvalue weighted by Gasteiger charge is -2.38. The number of likely N-dealkylation sites (tertiary alicyclic amines) is 1. The van der Waals surface area contributed by atoms with Crippen LogP contribution in [-0.2, 0) is 32.2 Å². The molecular weight excluding hydrogens is 596 g/mol. The van der Waals surface area contributed by atoms with E-state index in [-0.39, 0.29) is 42.4 Å². The predicted octanol–water partition coefficient (Wildman–Crippen LogP) is 5.40. The van der Waals surface area contributed by atoms with Crippen molar-refractivity contribution in [2.24, 2.45) is 0 Å². The molecular formula is C37H42N4O6. The Morgan fingerprint density at radius 3 is 2.38 bits per heavy atom. The average molecular weight is 639 g/mol. The number of benzene rings is 3. The van der Waals surface area contributed by atoms with Gasteiger partial charge in [-0.2, -0.15) is 0 Å². The van der Waals surface area contributed by atoms with E-state index in [9.17, 15) is 14.7 Å². The fourth-order valence-corrected chi connectivity index (χ4v) is 6.11. The Balaban J connectivity index is 1.14. The molecule has 1 amide bonds. The van der Waals surface area contributed by atoms with Crippen molar-refractivity contribution in [2.45, 2.75) is 83.3 Å². The highest BCUT2D eigenvalue weighted by Crippen LogP contribution is 2.39. The summed E-state index contributed by atoms with van der Waals surface area (Å²) in [5.41, 5.74) is 4.73. The largest absolute Gasteiger partial charge is 0.459 e. The number of nitrogens with zero attached hydrogens (tertiary/aromatic N) is 3. The molecule has 4 aromatic rings. The molecule has 1 aromatic heterocycles. The fourth-order valence-electron chi connectivity index (χ4n) is 6.11. The first-order valence-corrected chi connectivity index (χ1v) is 16.2. The number of ether oxygens (including phenoxy) is 3. The maximum atomic E-state index is 13.0. The molecule has 2 aliphatic heterocycles. The van der Waals surface area contributed by atoms with Crippen LogP contribution in [0.3, 0.4) is 0 Å². The maximum absolute atomic E-state index is 13.0. The number of para-hydroxylation sites is 2. The van der Waals surface area contributed by atoms with Crippen LogP contribution < -0.4 is 5.32 Å². The highest BCUT2D eigenvalue weighted by molar-refractivity contribution is 5.93. The molecule has 0 unspecified atom stereocenters. The van der Waals surface area contributed by atoms with Gasteiger partial charge in [-0.15, -0.1) is 0 Å². The molecule has 6 rings (SSSR count). The molecule has 2 N–H and O–H groups in total. The zero-order chi connectivity index (χ0) is 33.0. The molecule has 10 nitrogen and oxygen atoms in total. The molecule has 3 heterocycles. The van der Waals surface area contributed by atoms with Crippen molar-refractivity contribution in [1.29, 1.82) is 0 Å². The summed E-state index contributed by atoms with van der Waals surface area (Å²) in [6, 6.07) is 22.7. The van der Waals surface area contributed by atoms with E-state index in [1.165, 1.54) is 6.20 Å². The minimum Gasteiger partial charge on any atom is -0.459 e. The number of carbonyl (C=O) groups is 2. The Labute approximate surface area is 275 Å². The van der Waals surface area contributed by atoms with Gasteiger partial charge in [0.15, 0.2) is 6.29 Å². The lowest BCUT2D eigenvalue weighted by molar-refractivity contribution is -0.253. The minimum atomic E-state index is -0.629. The Morgan fingerprint density at radius 1 is 0.957 bits per heavy atom. The van der Waals surface area contributed by atoms with Crippen LogP contribution in [0.5, 0.6) is 0 Å². The number of carbonyl (C=O) groups excluding carboxylic acids is 2. The number of fused-ring (bicyclic) bond motifs is 1. The molecule has 3 aromatic carbocycles. The first-order valence-electron chi connectivity index (χ1n) is 16.2. The van der Waals surface area contributed by atoms with Gasteiger partial charge in [0, 0.05) is 25.1 Å². The van der Waals surface area contributed by atoms with Crippen LogP contribution in [0.15, 0.2) is 79.0 Å². The summed E-state index contributed by atoms with van der Waals surface area (Å²) in [6.07, 6.45) is 2.73. The molecule has 4 atom stereocenters. The van der Waals surface area contributed by atoms with Gasteiger partial charge in [-0.05, 0) is 69.0 Å². The number of aromatic nitrogens is 2. The number of rotatable bonds is 9. The highest BCUT2D eigenvalue weighted by Gasteiger charge is 2.39. The van der Waals surface area contributed by atoms with Gasteiger partial charge in [0.2, 0.25) is 0 Å². The smallest absolute Gasteiger partial charge is 0.323 e. The molecule has 0 saturated carbocycles. The van der Waals surface area contributed by atoms with Crippen LogP contribution in [0.4, 0.5) is 0 Å². The van der Waals surface area contributed by atoms with Gasteiger partial charge in [0.25, 0.3) is 5.91 Å². The van der Waals surface area contributed by atoms with Gasteiger partial charge in [-0.1, -0.05) is 60.7 Å². The second-order valence-electron chi connectivity index (χ2n) is 13.2. The molecule has 47 heavy (non-hydrogen) atoms. The number of hydrogen-bond acceptors (Lipinski definition) is 9. The maximum Gasteiger partial charge on any atom is 0.323 e. The first-order chi connectivity index (χ1) is 22.6. The second-order valence-corrected chi connectivity index (χ2v) is 13.2. The lowest BCUT2D eigenvalue weighted by Crippen LogP contribution is -2.45. The Bertz CT molecular complexity index is 1690. The van der Waals surface area contributed by atoms with E-state index in [1.807, 2.05) is 93.6 Å². The molecule has 2 aliphatic rings. The molecule has 10 heteroatoms. The van der Waals surface area contributed by atoms with E-state index >= 15 is 0 Å². The topological polar surface area (TPSA) is 123 Å². The Morgan fingerprint density at radius 2 is 1.66 bits per heavy atom. The van der Waals surface area contributed by atoms with E-state index in [0.29, 0.717) is 25.0 Å². The van der Waals surface area contributed by atoms with Crippen molar-refractivity contribution < 1.29 is 28.9 Å². The summed E-state index contributed by atoms with van der Waals surface area (Å²) in [7, 11) is 0. The van der Waals surface area contributed by atoms with Crippen molar-refractivity contribution >= 4 is 22.9 Å². The minimum absolute atomic E-state index is 0.0242. The van der Waals surface area contributed by atoms with Crippen molar-refractivity contribution in [1.82, 2.24) is 20.2 Å². The lowest BCUT2D eigenvalue weighted by atomic mass is 9.99. The van der Waals surface area contributed by atoms with E-state index in [2.05, 4.69) is 20.2 Å². The summed E-state index contributed by atoms with van der Waals surface area (Å²) < 4.78 is 18.8. The number of amides is 1. The SMILES string of the molecule is CC(C)(C)OC(=O)[C@@H]1CCCN1C[C@@H]1C[C@H](c2ccc(CO)cc2)O[C@H](c2ccc(CNC(=O)c3cnc4ccccc4n3)cc2)O1. The first kappa shape index (κ1) is 32.7. The number of aliphatic hydroxyl groups excluding tert-OH is 1. The molecule has 246 valence electrons. The van der Waals surface area contributed by atoms with Gasteiger partial charge >= 0.3 is 5.97 Å². The zero-order valence-electron chi connectivity index (χ0n) is 27.1. The zero-order valence-corrected chi connectivity index (χ0v) is 27.1. The molecule has 0 radical (unpaired) electrons. The third-order valence-electron chi connectivity index (χ3n) is 8.48. The Kier molecular flexibility index (Phi) is 9.93. The molecule has 0 aliphatic carbocycles. The number of nitrogens with one attached hydrogen (secondary N) is 1.